The number of nitrogens with zero attached hydrogens (tertiary/aromatic N) is 4. The number of carboxylic acids is 1. The Morgan fingerprint density at radius 1 is 1.59 bits per heavy atom. The van der Waals surface area contributed by atoms with E-state index in [1.165, 1.54) is 11.3 Å². The van der Waals surface area contributed by atoms with Gasteiger partial charge in [-0.2, -0.15) is 0 Å². The maximum Gasteiger partial charge on any atom is 0.309 e. The van der Waals surface area contributed by atoms with E-state index in [4.69, 9.17) is 5.11 Å². The first-order valence-corrected chi connectivity index (χ1v) is 5.86. The van der Waals surface area contributed by atoms with E-state index >= 15 is 0 Å². The van der Waals surface area contributed by atoms with Crippen LogP contribution in [0.1, 0.15) is 5.69 Å². The van der Waals surface area contributed by atoms with Crippen LogP contribution in [-0.4, -0.2) is 37.6 Å². The molecule has 0 spiro atoms. The number of anilines is 1. The summed E-state index contributed by atoms with van der Waals surface area (Å²) in [6.45, 7) is 1.36. The number of thiazole rings is 1. The van der Waals surface area contributed by atoms with Crippen LogP contribution in [0.3, 0.4) is 0 Å². The zero-order valence-electron chi connectivity index (χ0n) is 8.91. The van der Waals surface area contributed by atoms with Crippen molar-refractivity contribution in [3.05, 3.63) is 23.5 Å². The van der Waals surface area contributed by atoms with Crippen molar-refractivity contribution in [2.75, 3.05) is 11.9 Å². The van der Waals surface area contributed by atoms with Crippen LogP contribution in [0.4, 0.5) is 5.13 Å². The Balaban J connectivity index is 1.79. The van der Waals surface area contributed by atoms with E-state index < -0.39 is 5.97 Å². The molecule has 0 saturated carbocycles. The van der Waals surface area contributed by atoms with Crippen LogP contribution in [0.25, 0.3) is 0 Å². The van der Waals surface area contributed by atoms with E-state index in [9.17, 15) is 4.79 Å². The molecule has 0 fully saturated rings. The van der Waals surface area contributed by atoms with Gasteiger partial charge in [0.05, 0.1) is 24.9 Å². The molecule has 2 aromatic heterocycles. The van der Waals surface area contributed by atoms with Crippen LogP contribution in [0, 0.1) is 0 Å². The number of hydrogen-bond donors (Lipinski definition) is 2. The lowest BCUT2D eigenvalue weighted by Gasteiger charge is -2.01. The highest BCUT2D eigenvalue weighted by Gasteiger charge is 2.05. The lowest BCUT2D eigenvalue weighted by Crippen LogP contribution is -2.11. The number of carbonyl (C=O) groups is 1. The lowest BCUT2D eigenvalue weighted by molar-refractivity contribution is -0.136. The van der Waals surface area contributed by atoms with Gasteiger partial charge in [0.2, 0.25) is 0 Å². The summed E-state index contributed by atoms with van der Waals surface area (Å²) < 4.78 is 1.71. The van der Waals surface area contributed by atoms with E-state index in [0.717, 1.165) is 5.13 Å². The molecule has 0 atom stereocenters. The van der Waals surface area contributed by atoms with E-state index in [-0.39, 0.29) is 6.42 Å². The summed E-state index contributed by atoms with van der Waals surface area (Å²) in [6, 6.07) is 0. The first kappa shape index (κ1) is 11.5. The first-order valence-electron chi connectivity index (χ1n) is 4.98. The lowest BCUT2D eigenvalue weighted by atomic mass is 10.3. The second-order valence-corrected chi connectivity index (χ2v) is 4.17. The predicted octanol–water partition coefficient (Wildman–Crippen LogP) is 0.474. The molecule has 2 aromatic rings. The van der Waals surface area contributed by atoms with Gasteiger partial charge in [-0.25, -0.2) is 4.98 Å². The van der Waals surface area contributed by atoms with Crippen LogP contribution >= 0.6 is 11.3 Å². The van der Waals surface area contributed by atoms with Crippen molar-refractivity contribution in [1.29, 1.82) is 0 Å². The van der Waals surface area contributed by atoms with Gasteiger partial charge < -0.3 is 10.4 Å². The molecule has 0 saturated heterocycles. The normalized spacial score (nSPS) is 10.4. The summed E-state index contributed by atoms with van der Waals surface area (Å²) in [4.78, 5) is 14.6. The highest BCUT2D eigenvalue weighted by atomic mass is 32.1. The molecule has 0 amide bonds. The SMILES string of the molecule is O=C(O)Cc1csc(NCCn2ccnn2)n1. The van der Waals surface area contributed by atoms with Crippen LogP contribution in [0.2, 0.25) is 0 Å². The minimum Gasteiger partial charge on any atom is -0.481 e. The molecule has 2 N–H and O–H groups in total. The van der Waals surface area contributed by atoms with Gasteiger partial charge in [0.25, 0.3) is 0 Å². The molecule has 0 unspecified atom stereocenters. The van der Waals surface area contributed by atoms with Crippen LogP contribution in [0.15, 0.2) is 17.8 Å². The molecule has 0 aliphatic heterocycles. The molecule has 90 valence electrons. The van der Waals surface area contributed by atoms with E-state index in [0.29, 0.717) is 18.8 Å². The van der Waals surface area contributed by atoms with Crippen LogP contribution < -0.4 is 5.32 Å². The Morgan fingerprint density at radius 2 is 2.47 bits per heavy atom. The predicted molar refractivity (Wildman–Crippen MR) is 62.0 cm³/mol. The summed E-state index contributed by atoms with van der Waals surface area (Å²) in [6.07, 6.45) is 3.36. The van der Waals surface area contributed by atoms with Gasteiger partial charge in [0, 0.05) is 18.1 Å². The number of aromatic nitrogens is 4. The molecule has 0 aliphatic rings. The number of aliphatic carboxylic acids is 1. The quantitative estimate of drug-likeness (QED) is 0.777. The van der Waals surface area contributed by atoms with Gasteiger partial charge in [0.1, 0.15) is 0 Å². The highest BCUT2D eigenvalue weighted by Crippen LogP contribution is 2.15. The Bertz CT molecular complexity index is 481. The van der Waals surface area contributed by atoms with Crippen LogP contribution in [0.5, 0.6) is 0 Å². The molecule has 0 aromatic carbocycles. The zero-order valence-corrected chi connectivity index (χ0v) is 9.72. The summed E-state index contributed by atoms with van der Waals surface area (Å²) in [7, 11) is 0. The Morgan fingerprint density at radius 3 is 3.18 bits per heavy atom. The highest BCUT2D eigenvalue weighted by molar-refractivity contribution is 7.13. The zero-order chi connectivity index (χ0) is 12.1. The Labute approximate surface area is 101 Å². The first-order chi connectivity index (χ1) is 8.24. The largest absolute Gasteiger partial charge is 0.481 e. The molecule has 2 heterocycles. The standard InChI is InChI=1S/C9H11N5O2S/c15-8(16)5-7-6-17-9(12-7)10-1-3-14-4-2-11-13-14/h2,4,6H,1,3,5H2,(H,10,12)(H,15,16). The molecule has 2 rings (SSSR count). The number of rotatable bonds is 6. The second kappa shape index (κ2) is 5.39. The summed E-state index contributed by atoms with van der Waals surface area (Å²) >= 11 is 1.40. The van der Waals surface area contributed by atoms with Gasteiger partial charge >= 0.3 is 5.97 Å². The average molecular weight is 253 g/mol. The fourth-order valence-corrected chi connectivity index (χ4v) is 1.99. The third-order valence-corrected chi connectivity index (χ3v) is 2.82. The van der Waals surface area contributed by atoms with Crippen molar-refractivity contribution < 1.29 is 9.90 Å². The van der Waals surface area contributed by atoms with Gasteiger partial charge in [0.15, 0.2) is 5.13 Å². The van der Waals surface area contributed by atoms with Crippen molar-refractivity contribution in [3.8, 4) is 0 Å². The number of nitrogens with one attached hydrogen (secondary N) is 1. The second-order valence-electron chi connectivity index (χ2n) is 3.31. The molecule has 0 bridgehead atoms. The van der Waals surface area contributed by atoms with E-state index in [2.05, 4.69) is 20.6 Å². The third-order valence-electron chi connectivity index (χ3n) is 1.97. The van der Waals surface area contributed by atoms with E-state index in [1.807, 2.05) is 0 Å². The van der Waals surface area contributed by atoms with Gasteiger partial charge in [-0.05, 0) is 0 Å². The van der Waals surface area contributed by atoms with Crippen molar-refractivity contribution in [2.24, 2.45) is 0 Å². The maximum absolute atomic E-state index is 10.5. The van der Waals surface area contributed by atoms with Gasteiger partial charge in [-0.1, -0.05) is 5.21 Å². The van der Waals surface area contributed by atoms with Gasteiger partial charge in [-0.3, -0.25) is 9.48 Å². The molecular formula is C9H11N5O2S. The molecule has 8 heteroatoms. The Hall–Kier alpha value is -1.96. The Kier molecular flexibility index (Phi) is 3.66. The summed E-state index contributed by atoms with van der Waals surface area (Å²) in [5.41, 5.74) is 0.575. The molecular weight excluding hydrogens is 242 g/mol. The monoisotopic (exact) mass is 253 g/mol. The number of carboxylic acid groups (broad SMARTS) is 1. The van der Waals surface area contributed by atoms with Crippen molar-refractivity contribution in [2.45, 2.75) is 13.0 Å². The topological polar surface area (TPSA) is 92.9 Å². The van der Waals surface area contributed by atoms with Crippen molar-refractivity contribution in [3.63, 3.8) is 0 Å². The van der Waals surface area contributed by atoms with Crippen molar-refractivity contribution >= 4 is 22.4 Å². The van der Waals surface area contributed by atoms with Crippen molar-refractivity contribution in [1.82, 2.24) is 20.0 Å². The fourth-order valence-electron chi connectivity index (χ4n) is 1.25. The summed E-state index contributed by atoms with van der Waals surface area (Å²) in [5.74, 6) is -0.871. The molecule has 0 aliphatic carbocycles. The number of hydrogen-bond acceptors (Lipinski definition) is 6. The smallest absolute Gasteiger partial charge is 0.309 e. The molecule has 0 radical (unpaired) electrons. The summed E-state index contributed by atoms with van der Waals surface area (Å²) in [5, 5.41) is 21.7. The van der Waals surface area contributed by atoms with Crippen LogP contribution in [-0.2, 0) is 17.8 Å². The average Bonchev–Trinajstić information content (AvgIpc) is 2.89. The minimum atomic E-state index is -0.871. The fraction of sp³-hybridized carbons (Fsp3) is 0.333. The maximum atomic E-state index is 10.5. The minimum absolute atomic E-state index is 0.0404. The molecule has 17 heavy (non-hydrogen) atoms. The van der Waals surface area contributed by atoms with E-state index in [1.54, 1.807) is 22.5 Å². The molecule has 7 nitrogen and oxygen atoms in total. The third kappa shape index (κ3) is 3.52. The van der Waals surface area contributed by atoms with Gasteiger partial charge in [-0.15, -0.1) is 16.4 Å².